The number of hydrogen-bond acceptors (Lipinski definition) is 4. The van der Waals surface area contributed by atoms with Gasteiger partial charge in [0.25, 0.3) is 0 Å². The molecule has 1 fully saturated rings. The number of nitrogens with zero attached hydrogens (tertiary/aromatic N) is 3. The summed E-state index contributed by atoms with van der Waals surface area (Å²) in [6.45, 7) is 3.66. The first-order valence-corrected chi connectivity index (χ1v) is 11.3. The molecular formula is C29H27N3O. The molecule has 0 saturated carbocycles. The molecule has 1 saturated heterocycles. The predicted molar refractivity (Wildman–Crippen MR) is 137 cm³/mol. The highest BCUT2D eigenvalue weighted by Gasteiger charge is 2.25. The van der Waals surface area contributed by atoms with E-state index in [4.69, 9.17) is 9.84 Å². The molecule has 1 unspecified atom stereocenters. The molecule has 1 atom stereocenters. The Morgan fingerprint density at radius 3 is 1.79 bits per heavy atom. The maximum Gasteiger partial charge on any atom is 0.101 e. The molecule has 0 aliphatic carbocycles. The SMILES string of the molecule is Cc1ccc(N(CC2CO2)N=Cc2ccc(N(c3ccccc3)c3ccccc3)cc2)cc1. The third-order valence-electron chi connectivity index (χ3n) is 5.64. The van der Waals surface area contributed by atoms with Gasteiger partial charge in [0.05, 0.1) is 25.1 Å². The molecule has 0 aromatic heterocycles. The fourth-order valence-electron chi connectivity index (χ4n) is 3.75. The molecule has 0 bridgehead atoms. The van der Waals surface area contributed by atoms with Gasteiger partial charge in [0.1, 0.15) is 6.10 Å². The smallest absolute Gasteiger partial charge is 0.101 e. The third-order valence-corrected chi connectivity index (χ3v) is 5.64. The summed E-state index contributed by atoms with van der Waals surface area (Å²) in [5.74, 6) is 0. The van der Waals surface area contributed by atoms with E-state index in [0.717, 1.165) is 41.5 Å². The topological polar surface area (TPSA) is 31.4 Å². The first-order valence-electron chi connectivity index (χ1n) is 11.3. The van der Waals surface area contributed by atoms with E-state index in [0.29, 0.717) is 0 Å². The molecule has 4 heteroatoms. The molecule has 0 amide bonds. The molecule has 33 heavy (non-hydrogen) atoms. The van der Waals surface area contributed by atoms with Gasteiger partial charge in [0.2, 0.25) is 0 Å². The van der Waals surface area contributed by atoms with Crippen molar-refractivity contribution < 1.29 is 4.74 Å². The van der Waals surface area contributed by atoms with E-state index in [1.54, 1.807) is 0 Å². The summed E-state index contributed by atoms with van der Waals surface area (Å²) >= 11 is 0. The zero-order valence-electron chi connectivity index (χ0n) is 18.7. The van der Waals surface area contributed by atoms with E-state index in [-0.39, 0.29) is 6.10 Å². The second-order valence-corrected chi connectivity index (χ2v) is 8.22. The highest BCUT2D eigenvalue weighted by Crippen LogP contribution is 2.34. The van der Waals surface area contributed by atoms with E-state index < -0.39 is 0 Å². The van der Waals surface area contributed by atoms with Crippen molar-refractivity contribution >= 4 is 29.0 Å². The van der Waals surface area contributed by atoms with Crippen molar-refractivity contribution in [2.24, 2.45) is 5.10 Å². The van der Waals surface area contributed by atoms with Crippen molar-refractivity contribution in [3.8, 4) is 0 Å². The zero-order valence-corrected chi connectivity index (χ0v) is 18.7. The lowest BCUT2D eigenvalue weighted by Gasteiger charge is -2.25. The van der Waals surface area contributed by atoms with Crippen LogP contribution in [0.5, 0.6) is 0 Å². The van der Waals surface area contributed by atoms with Crippen molar-refractivity contribution in [1.29, 1.82) is 0 Å². The molecular weight excluding hydrogens is 406 g/mol. The Bertz CT molecular complexity index is 1150. The number of para-hydroxylation sites is 2. The molecule has 1 aliphatic rings. The Morgan fingerprint density at radius 1 is 0.727 bits per heavy atom. The number of aryl methyl sites for hydroxylation is 1. The van der Waals surface area contributed by atoms with Gasteiger partial charge in [-0.25, -0.2) is 0 Å². The first kappa shape index (κ1) is 21.0. The largest absolute Gasteiger partial charge is 0.371 e. The van der Waals surface area contributed by atoms with Crippen molar-refractivity contribution in [2.75, 3.05) is 23.1 Å². The number of hydrazone groups is 1. The van der Waals surface area contributed by atoms with E-state index in [1.165, 1.54) is 5.56 Å². The molecule has 0 N–H and O–H groups in total. The summed E-state index contributed by atoms with van der Waals surface area (Å²) < 4.78 is 5.44. The minimum atomic E-state index is 0.260. The average molecular weight is 434 g/mol. The van der Waals surface area contributed by atoms with Gasteiger partial charge in [-0.3, -0.25) is 5.01 Å². The number of anilines is 4. The maximum absolute atomic E-state index is 5.44. The molecule has 1 heterocycles. The Balaban J connectivity index is 1.39. The van der Waals surface area contributed by atoms with Gasteiger partial charge in [0, 0.05) is 17.1 Å². The molecule has 164 valence electrons. The van der Waals surface area contributed by atoms with Crippen LogP contribution in [0, 0.1) is 6.92 Å². The van der Waals surface area contributed by atoms with Gasteiger partial charge in [0.15, 0.2) is 0 Å². The summed E-state index contributed by atoms with van der Waals surface area (Å²) in [6, 6.07) is 37.8. The van der Waals surface area contributed by atoms with Crippen molar-refractivity contribution in [2.45, 2.75) is 13.0 Å². The lowest BCUT2D eigenvalue weighted by atomic mass is 10.1. The van der Waals surface area contributed by atoms with Gasteiger partial charge in [-0.2, -0.15) is 5.10 Å². The Morgan fingerprint density at radius 2 is 1.24 bits per heavy atom. The molecule has 4 aromatic carbocycles. The second-order valence-electron chi connectivity index (χ2n) is 8.22. The monoisotopic (exact) mass is 433 g/mol. The van der Waals surface area contributed by atoms with Crippen molar-refractivity contribution in [1.82, 2.24) is 0 Å². The van der Waals surface area contributed by atoms with Gasteiger partial charge < -0.3 is 9.64 Å². The van der Waals surface area contributed by atoms with Gasteiger partial charge >= 0.3 is 0 Å². The Hall–Kier alpha value is -3.89. The highest BCUT2D eigenvalue weighted by molar-refractivity contribution is 5.83. The van der Waals surface area contributed by atoms with E-state index in [1.807, 2.05) is 23.4 Å². The predicted octanol–water partition coefficient (Wildman–Crippen LogP) is 6.70. The van der Waals surface area contributed by atoms with E-state index >= 15 is 0 Å². The normalized spacial score (nSPS) is 14.9. The minimum Gasteiger partial charge on any atom is -0.371 e. The zero-order chi connectivity index (χ0) is 22.5. The average Bonchev–Trinajstić information content (AvgIpc) is 3.69. The Labute approximate surface area is 195 Å². The van der Waals surface area contributed by atoms with Crippen LogP contribution in [0.25, 0.3) is 0 Å². The summed E-state index contributed by atoms with van der Waals surface area (Å²) in [5, 5.41) is 6.80. The van der Waals surface area contributed by atoms with Crippen LogP contribution < -0.4 is 9.91 Å². The lowest BCUT2D eigenvalue weighted by Crippen LogP contribution is -2.22. The van der Waals surface area contributed by atoms with Crippen LogP contribution in [0.3, 0.4) is 0 Å². The fraction of sp³-hybridized carbons (Fsp3) is 0.138. The van der Waals surface area contributed by atoms with Crippen LogP contribution in [0.1, 0.15) is 11.1 Å². The first-order chi connectivity index (χ1) is 16.3. The van der Waals surface area contributed by atoms with Crippen molar-refractivity contribution in [3.63, 3.8) is 0 Å². The molecule has 4 nitrogen and oxygen atoms in total. The summed E-state index contributed by atoms with van der Waals surface area (Å²) in [5.41, 5.74) is 6.71. The van der Waals surface area contributed by atoms with Gasteiger partial charge in [-0.05, 0) is 61.0 Å². The van der Waals surface area contributed by atoms with Crippen LogP contribution in [0.4, 0.5) is 22.7 Å². The summed E-state index contributed by atoms with van der Waals surface area (Å²) in [4.78, 5) is 2.25. The van der Waals surface area contributed by atoms with Crippen LogP contribution >= 0.6 is 0 Å². The van der Waals surface area contributed by atoms with E-state index in [2.05, 4.69) is 109 Å². The van der Waals surface area contributed by atoms with Gasteiger partial charge in [-0.15, -0.1) is 0 Å². The van der Waals surface area contributed by atoms with Crippen LogP contribution in [0.15, 0.2) is 114 Å². The number of epoxide rings is 1. The number of benzene rings is 4. The molecule has 0 spiro atoms. The fourth-order valence-corrected chi connectivity index (χ4v) is 3.75. The third kappa shape index (κ3) is 5.30. The Kier molecular flexibility index (Phi) is 6.18. The molecule has 0 radical (unpaired) electrons. The van der Waals surface area contributed by atoms with E-state index in [9.17, 15) is 0 Å². The van der Waals surface area contributed by atoms with Crippen LogP contribution in [-0.4, -0.2) is 25.5 Å². The number of ether oxygens (including phenoxy) is 1. The summed E-state index contributed by atoms with van der Waals surface area (Å²) in [6.07, 6.45) is 2.18. The minimum absolute atomic E-state index is 0.260. The standard InChI is InChI=1S/C29H27N3O/c1-23-12-16-25(17-13-23)31(21-29-22-33-29)30-20-24-14-18-28(19-15-24)32(26-8-4-2-5-9-26)27-10-6-3-7-11-27/h2-20,29H,21-22H2,1H3. The molecule has 5 rings (SSSR count). The number of hydrogen-bond donors (Lipinski definition) is 0. The lowest BCUT2D eigenvalue weighted by molar-refractivity contribution is 0.408. The number of rotatable bonds is 8. The maximum atomic E-state index is 5.44. The molecule has 4 aromatic rings. The second kappa shape index (κ2) is 9.72. The summed E-state index contributed by atoms with van der Waals surface area (Å²) in [7, 11) is 0. The van der Waals surface area contributed by atoms with Crippen LogP contribution in [-0.2, 0) is 4.74 Å². The highest BCUT2D eigenvalue weighted by atomic mass is 16.6. The quantitative estimate of drug-likeness (QED) is 0.176. The van der Waals surface area contributed by atoms with Gasteiger partial charge in [-0.1, -0.05) is 66.2 Å². The van der Waals surface area contributed by atoms with Crippen LogP contribution in [0.2, 0.25) is 0 Å². The van der Waals surface area contributed by atoms with Crippen molar-refractivity contribution in [3.05, 3.63) is 120 Å². The molecule has 1 aliphatic heterocycles.